The van der Waals surface area contributed by atoms with Crippen molar-refractivity contribution in [2.45, 2.75) is 64.1 Å². The van der Waals surface area contributed by atoms with Crippen molar-refractivity contribution in [1.29, 1.82) is 0 Å². The first-order valence-corrected chi connectivity index (χ1v) is 11.8. The average Bonchev–Trinajstić information content (AvgIpc) is 2.97. The van der Waals surface area contributed by atoms with Crippen molar-refractivity contribution in [2.75, 3.05) is 19.7 Å². The van der Waals surface area contributed by atoms with Crippen molar-refractivity contribution in [3.8, 4) is 11.5 Å². The van der Waals surface area contributed by atoms with Crippen LogP contribution >= 0.6 is 0 Å². The molecule has 3 saturated heterocycles. The molecular weight excluding hydrogens is 521 g/mol. The number of fused-ring (bicyclic) bond motifs is 2. The van der Waals surface area contributed by atoms with E-state index in [1.54, 1.807) is 6.92 Å². The van der Waals surface area contributed by atoms with Crippen LogP contribution in [0.3, 0.4) is 0 Å². The van der Waals surface area contributed by atoms with E-state index in [0.717, 1.165) is 17.2 Å². The fourth-order valence-electron chi connectivity index (χ4n) is 4.43. The first-order valence-electron chi connectivity index (χ1n) is 11.8. The molecule has 3 fully saturated rings. The summed E-state index contributed by atoms with van der Waals surface area (Å²) in [5.74, 6) is -6.23. The second-order valence-electron chi connectivity index (χ2n) is 8.72. The number of benzene rings is 1. The van der Waals surface area contributed by atoms with E-state index in [-0.39, 0.29) is 63.2 Å². The summed E-state index contributed by atoms with van der Waals surface area (Å²) >= 11 is 0. The average molecular weight is 546 g/mol. The van der Waals surface area contributed by atoms with Crippen LogP contribution in [0, 0.1) is 0 Å². The Balaban J connectivity index is 1.82. The van der Waals surface area contributed by atoms with Crippen LogP contribution in [-0.4, -0.2) is 71.5 Å². The number of hydrogen-bond donors (Lipinski definition) is 0. The summed E-state index contributed by atoms with van der Waals surface area (Å²) in [7, 11) is 0. The summed E-state index contributed by atoms with van der Waals surface area (Å²) in [5.41, 5.74) is -2.03. The van der Waals surface area contributed by atoms with E-state index >= 15 is 0 Å². The number of rotatable bonds is 5. The minimum Gasteiger partial charge on any atom is -0.494 e. The van der Waals surface area contributed by atoms with Crippen LogP contribution in [-0.2, 0) is 44.8 Å². The lowest BCUT2D eigenvalue weighted by Gasteiger charge is -2.55. The Labute approximate surface area is 214 Å². The minimum atomic E-state index is -4.96. The van der Waals surface area contributed by atoms with Crippen molar-refractivity contribution < 1.29 is 60.9 Å². The number of carbonyl (C=O) groups excluding carboxylic acids is 4. The summed E-state index contributed by atoms with van der Waals surface area (Å²) in [5, 5.41) is 0.960. The van der Waals surface area contributed by atoms with Gasteiger partial charge in [0.25, 0.3) is 5.72 Å². The molecule has 1 atom stereocenters. The molecule has 4 rings (SSSR count). The molecule has 208 valence electrons. The fourth-order valence-corrected chi connectivity index (χ4v) is 4.43. The van der Waals surface area contributed by atoms with E-state index < -0.39 is 47.6 Å². The van der Waals surface area contributed by atoms with E-state index in [9.17, 15) is 32.3 Å². The Bertz CT molecular complexity index is 1110. The highest BCUT2D eigenvalue weighted by Gasteiger charge is 2.70. The Hall–Kier alpha value is -3.59. The molecule has 12 nitrogen and oxygen atoms in total. The maximum atomic E-state index is 12.9. The van der Waals surface area contributed by atoms with Gasteiger partial charge in [-0.05, 0) is 25.1 Å². The number of hydroxylamine groups is 2. The van der Waals surface area contributed by atoms with E-state index in [1.165, 1.54) is 17.9 Å². The molecule has 3 aliphatic heterocycles. The zero-order valence-electron chi connectivity index (χ0n) is 20.5. The third-order valence-electron chi connectivity index (χ3n) is 6.07. The third kappa shape index (κ3) is 5.48. The third-order valence-corrected chi connectivity index (χ3v) is 6.07. The number of ether oxygens (including phenoxy) is 5. The number of halogens is 3. The van der Waals surface area contributed by atoms with Gasteiger partial charge in [-0.15, -0.1) is 13.2 Å². The van der Waals surface area contributed by atoms with Crippen LogP contribution in [0.2, 0.25) is 0 Å². The Morgan fingerprint density at radius 3 is 2.13 bits per heavy atom. The summed E-state index contributed by atoms with van der Waals surface area (Å²) in [6, 6.07) is 3.41. The number of esters is 3. The van der Waals surface area contributed by atoms with E-state index in [2.05, 4.69) is 4.74 Å². The van der Waals surface area contributed by atoms with Gasteiger partial charge >= 0.3 is 36.2 Å². The van der Waals surface area contributed by atoms with E-state index in [0.29, 0.717) is 0 Å². The van der Waals surface area contributed by atoms with Gasteiger partial charge in [-0.2, -0.15) is 0 Å². The van der Waals surface area contributed by atoms with Crippen LogP contribution in [0.4, 0.5) is 13.2 Å². The zero-order valence-corrected chi connectivity index (χ0v) is 20.5. The molecule has 0 aromatic heterocycles. The SMILES string of the molecule is CCOc1ccc(OC(F)(F)F)cc1CN1CCN2OC(=O)CCC(=O)O[C@@]2(C)C12OC(=O)CCC(=O)O2. The molecule has 0 radical (unpaired) electrons. The van der Waals surface area contributed by atoms with Crippen LogP contribution < -0.4 is 9.47 Å². The van der Waals surface area contributed by atoms with Crippen LogP contribution in [0.1, 0.15) is 45.1 Å². The summed E-state index contributed by atoms with van der Waals surface area (Å²) in [6.07, 6.45) is -6.29. The van der Waals surface area contributed by atoms with Gasteiger partial charge in [-0.25, -0.2) is 4.90 Å². The minimum absolute atomic E-state index is 0.114. The Morgan fingerprint density at radius 2 is 1.53 bits per heavy atom. The van der Waals surface area contributed by atoms with Crippen LogP contribution in [0.25, 0.3) is 0 Å². The van der Waals surface area contributed by atoms with Gasteiger partial charge in [0.1, 0.15) is 11.5 Å². The van der Waals surface area contributed by atoms with Gasteiger partial charge < -0.3 is 28.5 Å². The van der Waals surface area contributed by atoms with Gasteiger partial charge in [0, 0.05) is 25.6 Å². The largest absolute Gasteiger partial charge is 0.573 e. The summed E-state index contributed by atoms with van der Waals surface area (Å²) < 4.78 is 65.2. The van der Waals surface area contributed by atoms with Crippen molar-refractivity contribution in [3.05, 3.63) is 23.8 Å². The molecule has 15 heteroatoms. The molecule has 3 aliphatic rings. The van der Waals surface area contributed by atoms with Gasteiger partial charge in [0.2, 0.25) is 0 Å². The van der Waals surface area contributed by atoms with Crippen LogP contribution in [0.15, 0.2) is 18.2 Å². The quantitative estimate of drug-likeness (QED) is 0.502. The fraction of sp³-hybridized carbons (Fsp3) is 0.565. The molecule has 0 N–H and O–H groups in total. The van der Waals surface area contributed by atoms with Gasteiger partial charge in [0.15, 0.2) is 0 Å². The lowest BCUT2D eigenvalue weighted by atomic mass is 10.0. The first kappa shape index (κ1) is 27.4. The monoisotopic (exact) mass is 546 g/mol. The Morgan fingerprint density at radius 1 is 0.921 bits per heavy atom. The predicted octanol–water partition coefficient (Wildman–Crippen LogP) is 2.15. The second-order valence-corrected chi connectivity index (χ2v) is 8.72. The maximum Gasteiger partial charge on any atom is 0.573 e. The normalized spacial score (nSPS) is 24.7. The highest BCUT2D eigenvalue weighted by molar-refractivity contribution is 5.81. The molecule has 1 aromatic carbocycles. The molecule has 38 heavy (non-hydrogen) atoms. The van der Waals surface area contributed by atoms with E-state index in [1.807, 2.05) is 0 Å². The molecule has 0 unspecified atom stereocenters. The second kappa shape index (κ2) is 10.3. The lowest BCUT2D eigenvalue weighted by molar-refractivity contribution is -0.441. The number of alkyl halides is 3. The highest BCUT2D eigenvalue weighted by atomic mass is 19.4. The van der Waals surface area contributed by atoms with Crippen molar-refractivity contribution in [2.24, 2.45) is 0 Å². The van der Waals surface area contributed by atoms with Crippen molar-refractivity contribution in [1.82, 2.24) is 9.96 Å². The van der Waals surface area contributed by atoms with Gasteiger partial charge in [-0.3, -0.25) is 19.2 Å². The highest BCUT2D eigenvalue weighted by Crippen LogP contribution is 2.45. The molecule has 0 aliphatic carbocycles. The Kier molecular flexibility index (Phi) is 7.43. The topological polar surface area (TPSA) is 130 Å². The molecular formula is C23H25F3N2O10. The molecule has 0 saturated carbocycles. The van der Waals surface area contributed by atoms with E-state index in [4.69, 9.17) is 23.8 Å². The molecule has 3 heterocycles. The first-order chi connectivity index (χ1) is 17.8. The number of nitrogens with zero attached hydrogens (tertiary/aromatic N) is 2. The predicted molar refractivity (Wildman–Crippen MR) is 115 cm³/mol. The summed E-state index contributed by atoms with van der Waals surface area (Å²) in [6.45, 7) is 2.53. The molecule has 0 bridgehead atoms. The lowest BCUT2D eigenvalue weighted by Crippen LogP contribution is -2.78. The van der Waals surface area contributed by atoms with Gasteiger partial charge in [0.05, 0.1) is 38.8 Å². The van der Waals surface area contributed by atoms with Crippen molar-refractivity contribution >= 4 is 23.9 Å². The molecule has 1 spiro atoms. The number of hydrogen-bond acceptors (Lipinski definition) is 12. The number of carbonyl (C=O) groups is 4. The smallest absolute Gasteiger partial charge is 0.494 e. The maximum absolute atomic E-state index is 12.9. The van der Waals surface area contributed by atoms with Gasteiger partial charge in [-0.1, -0.05) is 5.06 Å². The van der Waals surface area contributed by atoms with Crippen molar-refractivity contribution in [3.63, 3.8) is 0 Å². The zero-order chi connectivity index (χ0) is 27.7. The standard InChI is InChI=1S/C23H25F3N2O10/c1-3-33-16-5-4-15(34-23(24,25)26)12-14(16)13-27-10-11-28-21(2,35-17(29)8-9-20(32)38-28)22(27)36-18(30)6-7-19(31)37-22/h4-5,12H,3,6-11,13H2,1-2H3/t21-/m0/s1. The number of piperazine rings is 1. The van der Waals surface area contributed by atoms with Crippen LogP contribution in [0.5, 0.6) is 11.5 Å². The summed E-state index contributed by atoms with van der Waals surface area (Å²) in [4.78, 5) is 56.9. The molecule has 1 aromatic rings. The molecule has 0 amide bonds.